The van der Waals surface area contributed by atoms with E-state index < -0.39 is 6.04 Å². The zero-order chi connectivity index (χ0) is 61.3. The van der Waals surface area contributed by atoms with Crippen LogP contribution >= 0.6 is 0 Å². The smallest absolute Gasteiger partial charge is 0.251 e. The summed E-state index contributed by atoms with van der Waals surface area (Å²) in [5.41, 5.74) is 17.4. The first-order valence-electron chi connectivity index (χ1n) is 31.5. The minimum absolute atomic E-state index is 0. The predicted octanol–water partition coefficient (Wildman–Crippen LogP) is 8.03. The van der Waals surface area contributed by atoms with E-state index in [0.29, 0.717) is 107 Å². The molecule has 5 N–H and O–H groups in total. The number of nitrogens with one attached hydrogen (secondary N) is 3. The second-order valence-corrected chi connectivity index (χ2v) is 24.4. The molecule has 3 amide bonds. The highest BCUT2D eigenvalue weighted by atomic mass is 35.5. The Morgan fingerprint density at radius 3 is 2.05 bits per heavy atom. The van der Waals surface area contributed by atoms with E-state index in [-0.39, 0.29) is 53.0 Å². The first-order valence-corrected chi connectivity index (χ1v) is 31.5. The molecule has 1 aromatic heterocycles. The summed E-state index contributed by atoms with van der Waals surface area (Å²) in [6.45, 7) is 18.0. The van der Waals surface area contributed by atoms with Gasteiger partial charge >= 0.3 is 0 Å². The minimum Gasteiger partial charge on any atom is -1.00 e. The van der Waals surface area contributed by atoms with Crippen molar-refractivity contribution in [2.45, 2.75) is 128 Å². The number of fused-ring (bicyclic) bond motifs is 3. The van der Waals surface area contributed by atoms with Gasteiger partial charge in [-0.3, -0.25) is 14.4 Å². The van der Waals surface area contributed by atoms with Crippen LogP contribution in [0.1, 0.15) is 131 Å². The number of benzene rings is 4. The number of hydrogen-bond donors (Lipinski definition) is 4. The molecule has 88 heavy (non-hydrogen) atoms. The number of allylic oxidation sites excluding steroid dienone is 6. The van der Waals surface area contributed by atoms with Gasteiger partial charge in [0.05, 0.1) is 70.0 Å². The van der Waals surface area contributed by atoms with Crippen LogP contribution in [0.3, 0.4) is 0 Å². The Balaban J connectivity index is 0.0000100. The standard InChI is InChI=1S/C71H91N9O7.ClH/c1-50(75-68(82)54-31-29-52(30-32-54)53-33-35-56(72)36-34-53)59-49-66(77-51(2)76-59)80-60-23-16-13-20-55(60)48-63(80)69(83)74-38-41-85-43-45-87-47-46-86-44-42-84-40-37-73-67(81)28-12-9-19-39-79-62-25-18-15-22-58(62)71(5,6)65(79)27-11-8-10-26-64-70(3,4)57-21-14-17-24-61(57)78(64)7;/h8,10-11,14-15,17-18,21-22,24-27,29-36,49-50,55,60,63H,9,12-13,16,19-20,23,28,37-48H2,1-7H3,(H4-,72,73,74,75,81,82,83);1H/t50-,55-,60-,63-;/m0./s1. The van der Waals surface area contributed by atoms with E-state index in [1.54, 1.807) is 0 Å². The number of carbonyl (C=O) groups is 3. The van der Waals surface area contributed by atoms with E-state index >= 15 is 0 Å². The van der Waals surface area contributed by atoms with Crippen LogP contribution in [-0.2, 0) is 39.4 Å². The van der Waals surface area contributed by atoms with Crippen molar-refractivity contribution in [2.75, 3.05) is 95.1 Å². The number of nitrogen functional groups attached to an aromatic ring is 1. The molecule has 0 bridgehead atoms. The first-order chi connectivity index (χ1) is 42.1. The van der Waals surface area contributed by atoms with E-state index in [2.05, 4.69) is 144 Å². The van der Waals surface area contributed by atoms with Crippen LogP contribution in [0.25, 0.3) is 11.1 Å². The molecule has 470 valence electrons. The Hall–Kier alpha value is -7.21. The Morgan fingerprint density at radius 2 is 1.35 bits per heavy atom. The Morgan fingerprint density at radius 1 is 0.727 bits per heavy atom. The van der Waals surface area contributed by atoms with Gasteiger partial charge in [-0.15, -0.1) is 0 Å². The zero-order valence-corrected chi connectivity index (χ0v) is 53.5. The molecule has 4 atom stereocenters. The minimum atomic E-state index is -0.399. The van der Waals surface area contributed by atoms with Crippen molar-refractivity contribution in [3.63, 3.8) is 0 Å². The third-order valence-corrected chi connectivity index (χ3v) is 17.7. The average molecular weight is 1220 g/mol. The number of aryl methyl sites for hydroxylation is 1. The van der Waals surface area contributed by atoms with Crippen LogP contribution in [0.15, 0.2) is 139 Å². The Bertz CT molecular complexity index is 3270. The number of rotatable bonds is 30. The molecule has 4 aliphatic rings. The number of unbranched alkanes of at least 4 members (excludes halogenated alkanes) is 2. The highest BCUT2D eigenvalue weighted by Gasteiger charge is 2.46. The summed E-state index contributed by atoms with van der Waals surface area (Å²) in [5.74, 6) is 1.51. The topological polar surface area (TPSA) is 186 Å². The maximum Gasteiger partial charge on any atom is 0.251 e. The van der Waals surface area contributed by atoms with Gasteiger partial charge in [-0.05, 0) is 119 Å². The van der Waals surface area contributed by atoms with Crippen molar-refractivity contribution in [3.8, 4) is 11.1 Å². The fourth-order valence-electron chi connectivity index (χ4n) is 13.0. The molecule has 0 spiro atoms. The first kappa shape index (κ1) is 66.7. The van der Waals surface area contributed by atoms with Crippen molar-refractivity contribution in [3.05, 3.63) is 167 Å². The summed E-state index contributed by atoms with van der Waals surface area (Å²) in [5, 5.41) is 9.24. The summed E-state index contributed by atoms with van der Waals surface area (Å²) in [6, 6.07) is 33.9. The molecule has 9 rings (SSSR count). The molecule has 4 aromatic carbocycles. The predicted molar refractivity (Wildman–Crippen MR) is 347 cm³/mol. The van der Waals surface area contributed by atoms with Crippen LogP contribution in [0.2, 0.25) is 0 Å². The Kier molecular flexibility index (Phi) is 24.1. The van der Waals surface area contributed by atoms with Gasteiger partial charge in [0.2, 0.25) is 17.5 Å². The summed E-state index contributed by atoms with van der Waals surface area (Å²) in [4.78, 5) is 54.3. The van der Waals surface area contributed by atoms with Crippen LogP contribution in [0.5, 0.6) is 0 Å². The number of hydrogen-bond acceptors (Lipinski definition) is 12. The van der Waals surface area contributed by atoms with Crippen LogP contribution < -0.4 is 43.9 Å². The highest BCUT2D eigenvalue weighted by molar-refractivity contribution is 6.03. The fraction of sp³-hybridized carbons (Fsp3) is 0.465. The summed E-state index contributed by atoms with van der Waals surface area (Å²) in [6.07, 6.45) is 19.3. The molecule has 5 aromatic rings. The molecule has 0 radical (unpaired) electrons. The maximum atomic E-state index is 13.9. The molecule has 4 heterocycles. The summed E-state index contributed by atoms with van der Waals surface area (Å²) < 4.78 is 25.2. The normalized spacial score (nSPS) is 19.0. The monoisotopic (exact) mass is 1220 g/mol. The SMILES string of the molecule is Cc1nc([C@H](C)NC(=O)c2ccc(-c3ccc(N)cc3)cc2)cc(N2[C@H](C(=O)NCCOCCOCCOCCOCCNC(=O)CCCCCN3/C(=C/C=C/C=C/C4=[N+](C)c5ccccc5C4(C)C)C(C)(C)c4ccccc43)C[C@@H]3CCCC[C@@H]32)n1.[Cl-]. The molecule has 16 nitrogen and oxygen atoms in total. The third-order valence-electron chi connectivity index (χ3n) is 17.7. The van der Waals surface area contributed by atoms with Crippen molar-refractivity contribution >= 4 is 46.3 Å². The molecular weight excluding hydrogens is 1130 g/mol. The number of anilines is 3. The molecule has 1 saturated carbocycles. The van der Waals surface area contributed by atoms with E-state index in [1.807, 2.05) is 68.4 Å². The van der Waals surface area contributed by atoms with Gasteiger partial charge in [-0.2, -0.15) is 4.58 Å². The lowest BCUT2D eigenvalue weighted by molar-refractivity contribution is -0.401. The lowest BCUT2D eigenvalue weighted by Gasteiger charge is -2.35. The second kappa shape index (κ2) is 31.8. The molecule has 0 unspecified atom stereocenters. The molecular formula is C71H92ClN9O7. The number of para-hydroxylation sites is 2. The van der Waals surface area contributed by atoms with Crippen LogP contribution in [0, 0.1) is 12.8 Å². The van der Waals surface area contributed by atoms with E-state index in [4.69, 9.17) is 34.6 Å². The summed E-state index contributed by atoms with van der Waals surface area (Å²) in [7, 11) is 2.15. The van der Waals surface area contributed by atoms with Crippen LogP contribution in [-0.4, -0.2) is 130 Å². The second-order valence-electron chi connectivity index (χ2n) is 24.4. The average Bonchev–Trinajstić information content (AvgIpc) is 1.69. The molecule has 3 aliphatic heterocycles. The number of nitrogens with zero attached hydrogens (tertiary/aromatic N) is 5. The molecule has 17 heteroatoms. The zero-order valence-electron chi connectivity index (χ0n) is 52.7. The van der Waals surface area contributed by atoms with Gasteiger partial charge in [0, 0.05) is 83.9 Å². The lowest BCUT2D eigenvalue weighted by Crippen LogP contribution is -3.00. The van der Waals surface area contributed by atoms with Gasteiger partial charge in [0.1, 0.15) is 24.7 Å². The third kappa shape index (κ3) is 16.7. The molecule has 2 fully saturated rings. The van der Waals surface area contributed by atoms with E-state index in [0.717, 1.165) is 69.0 Å². The van der Waals surface area contributed by atoms with Gasteiger partial charge in [0.15, 0.2) is 5.71 Å². The molecule has 1 saturated heterocycles. The van der Waals surface area contributed by atoms with Gasteiger partial charge in [0.25, 0.3) is 5.91 Å². The number of aromatic nitrogens is 2. The number of ether oxygens (including phenoxy) is 4. The number of nitrogens with two attached hydrogens (primary N) is 1. The van der Waals surface area contributed by atoms with Gasteiger partial charge in [-0.25, -0.2) is 9.97 Å². The van der Waals surface area contributed by atoms with Gasteiger partial charge < -0.3 is 62.8 Å². The van der Waals surface area contributed by atoms with E-state index in [1.165, 1.54) is 33.9 Å². The van der Waals surface area contributed by atoms with Crippen molar-refractivity contribution in [1.29, 1.82) is 0 Å². The van der Waals surface area contributed by atoms with Gasteiger partial charge in [-0.1, -0.05) is 112 Å². The van der Waals surface area contributed by atoms with Crippen LogP contribution in [0.4, 0.5) is 22.9 Å². The van der Waals surface area contributed by atoms with E-state index in [9.17, 15) is 14.4 Å². The number of amides is 3. The largest absolute Gasteiger partial charge is 1.00 e. The highest BCUT2D eigenvalue weighted by Crippen LogP contribution is 2.48. The van der Waals surface area contributed by atoms with Crippen molar-refractivity contribution in [2.24, 2.45) is 5.92 Å². The maximum absolute atomic E-state index is 13.9. The fourth-order valence-corrected chi connectivity index (χ4v) is 13.0. The lowest BCUT2D eigenvalue weighted by atomic mass is 9.81. The quantitative estimate of drug-likeness (QED) is 0.0151. The number of carbonyl (C=O) groups excluding carboxylic acids is 3. The Labute approximate surface area is 527 Å². The van der Waals surface area contributed by atoms with Crippen molar-refractivity contribution in [1.82, 2.24) is 25.9 Å². The van der Waals surface area contributed by atoms with Crippen molar-refractivity contribution < 1.29 is 50.3 Å². The summed E-state index contributed by atoms with van der Waals surface area (Å²) >= 11 is 0. The molecule has 1 aliphatic carbocycles. The number of halogens is 1.